The fraction of sp³-hybridized carbons (Fsp3) is 0.571. The van der Waals surface area contributed by atoms with E-state index >= 15 is 0 Å². The van der Waals surface area contributed by atoms with Crippen LogP contribution >= 0.6 is 0 Å². The molecular weight excluding hydrogens is 274 g/mol. The molecule has 0 aliphatic heterocycles. The molecule has 0 aromatic heterocycles. The second kappa shape index (κ2) is 8.24. The number of benzene rings is 1. The van der Waals surface area contributed by atoms with Gasteiger partial charge in [0.05, 0.1) is 4.90 Å². The molecule has 4 N–H and O–H groups in total. The lowest BCUT2D eigenvalue weighted by atomic mass is 10.2. The van der Waals surface area contributed by atoms with Crippen molar-refractivity contribution in [3.05, 3.63) is 24.3 Å². The first-order valence-corrected chi connectivity index (χ1v) is 8.53. The zero-order valence-electron chi connectivity index (χ0n) is 12.2. The summed E-state index contributed by atoms with van der Waals surface area (Å²) in [7, 11) is -3.37. The van der Waals surface area contributed by atoms with Crippen molar-refractivity contribution in [3.8, 4) is 0 Å². The van der Waals surface area contributed by atoms with Crippen LogP contribution in [0, 0.1) is 0 Å². The summed E-state index contributed by atoms with van der Waals surface area (Å²) in [5.41, 5.74) is 6.60. The van der Waals surface area contributed by atoms with Gasteiger partial charge in [-0.2, -0.15) is 0 Å². The molecule has 0 radical (unpaired) electrons. The van der Waals surface area contributed by atoms with E-state index in [0.29, 0.717) is 11.4 Å². The van der Waals surface area contributed by atoms with Crippen LogP contribution in [0.3, 0.4) is 0 Å². The lowest BCUT2D eigenvalue weighted by Crippen LogP contribution is -2.24. The Bertz CT molecular complexity index is 484. The normalized spacial score (nSPS) is 13.2. The third-order valence-corrected chi connectivity index (χ3v) is 4.35. The van der Waals surface area contributed by atoms with Crippen LogP contribution in [0.4, 0.5) is 5.69 Å². The van der Waals surface area contributed by atoms with E-state index in [0.717, 1.165) is 31.5 Å². The molecule has 1 unspecified atom stereocenters. The highest BCUT2D eigenvalue weighted by atomic mass is 32.2. The molecule has 0 spiro atoms. The number of nitrogens with one attached hydrogen (secondary N) is 2. The van der Waals surface area contributed by atoms with E-state index in [2.05, 4.69) is 10.0 Å². The van der Waals surface area contributed by atoms with Crippen LogP contribution in [0.25, 0.3) is 0 Å². The number of rotatable bonds is 9. The van der Waals surface area contributed by atoms with Gasteiger partial charge in [-0.25, -0.2) is 13.1 Å². The van der Waals surface area contributed by atoms with Crippen LogP contribution in [-0.4, -0.2) is 27.5 Å². The van der Waals surface area contributed by atoms with Crippen molar-refractivity contribution in [2.75, 3.05) is 18.4 Å². The topological polar surface area (TPSA) is 84.2 Å². The summed E-state index contributed by atoms with van der Waals surface area (Å²) in [6.45, 7) is 5.21. The van der Waals surface area contributed by atoms with Crippen LogP contribution in [0.15, 0.2) is 29.2 Å². The Labute approximate surface area is 122 Å². The molecule has 1 rings (SSSR count). The van der Waals surface area contributed by atoms with E-state index < -0.39 is 10.0 Å². The maximum atomic E-state index is 11.9. The largest absolute Gasteiger partial charge is 0.385 e. The zero-order chi connectivity index (χ0) is 15.0. The Morgan fingerprint density at radius 1 is 1.20 bits per heavy atom. The Morgan fingerprint density at radius 3 is 2.40 bits per heavy atom. The second-order valence-corrected chi connectivity index (χ2v) is 6.74. The number of anilines is 1. The molecule has 0 fully saturated rings. The van der Waals surface area contributed by atoms with E-state index in [9.17, 15) is 8.42 Å². The molecule has 0 saturated carbocycles. The molecule has 1 aromatic carbocycles. The lowest BCUT2D eigenvalue weighted by Gasteiger charge is -2.09. The summed E-state index contributed by atoms with van der Waals surface area (Å²) in [6, 6.07) is 7.02. The van der Waals surface area contributed by atoms with Crippen molar-refractivity contribution >= 4 is 15.7 Å². The molecule has 114 valence electrons. The van der Waals surface area contributed by atoms with Gasteiger partial charge in [0, 0.05) is 24.8 Å². The van der Waals surface area contributed by atoms with Gasteiger partial charge < -0.3 is 11.1 Å². The predicted octanol–water partition coefficient (Wildman–Crippen LogP) is 1.91. The highest BCUT2D eigenvalue weighted by Gasteiger charge is 2.12. The molecule has 0 aliphatic carbocycles. The maximum absolute atomic E-state index is 11.9. The molecule has 1 atom stereocenters. The van der Waals surface area contributed by atoms with Crippen molar-refractivity contribution in [2.45, 2.75) is 44.0 Å². The molecular formula is C14H25N3O2S. The summed E-state index contributed by atoms with van der Waals surface area (Å²) < 4.78 is 26.3. The predicted molar refractivity (Wildman–Crippen MR) is 83.3 cm³/mol. The quantitative estimate of drug-likeness (QED) is 0.608. The molecule has 0 saturated heterocycles. The summed E-state index contributed by atoms with van der Waals surface area (Å²) >= 11 is 0. The summed E-state index contributed by atoms with van der Waals surface area (Å²) in [5.74, 6) is 0. The van der Waals surface area contributed by atoms with Gasteiger partial charge in [-0.15, -0.1) is 0 Å². The summed E-state index contributed by atoms with van der Waals surface area (Å²) in [6.07, 6.45) is 2.74. The Kier molecular flexibility index (Phi) is 6.98. The molecule has 6 heteroatoms. The third kappa shape index (κ3) is 5.90. The first-order chi connectivity index (χ1) is 9.45. The fourth-order valence-corrected chi connectivity index (χ4v) is 2.86. The SMILES string of the molecule is CCCNS(=O)(=O)c1ccc(NCCCC(C)N)cc1. The molecule has 0 heterocycles. The Balaban J connectivity index is 2.52. The smallest absolute Gasteiger partial charge is 0.240 e. The number of nitrogens with two attached hydrogens (primary N) is 1. The van der Waals surface area contributed by atoms with Gasteiger partial charge in [-0.05, 0) is 50.5 Å². The summed E-state index contributed by atoms with van der Waals surface area (Å²) in [5, 5.41) is 3.25. The minimum absolute atomic E-state index is 0.217. The second-order valence-electron chi connectivity index (χ2n) is 4.97. The monoisotopic (exact) mass is 299 g/mol. The van der Waals surface area contributed by atoms with E-state index in [-0.39, 0.29) is 6.04 Å². The number of sulfonamides is 1. The van der Waals surface area contributed by atoms with Crippen molar-refractivity contribution in [2.24, 2.45) is 5.73 Å². The van der Waals surface area contributed by atoms with Gasteiger partial charge in [-0.3, -0.25) is 0 Å². The molecule has 5 nitrogen and oxygen atoms in total. The highest BCUT2D eigenvalue weighted by Crippen LogP contribution is 2.14. The van der Waals surface area contributed by atoms with Gasteiger partial charge in [0.15, 0.2) is 0 Å². The first-order valence-electron chi connectivity index (χ1n) is 7.05. The van der Waals surface area contributed by atoms with Crippen molar-refractivity contribution in [1.82, 2.24) is 4.72 Å². The van der Waals surface area contributed by atoms with E-state index in [4.69, 9.17) is 5.73 Å². The van der Waals surface area contributed by atoms with Gasteiger partial charge in [0.25, 0.3) is 0 Å². The van der Waals surface area contributed by atoms with Crippen LogP contribution in [0.2, 0.25) is 0 Å². The summed E-state index contributed by atoms with van der Waals surface area (Å²) in [4.78, 5) is 0.298. The average Bonchev–Trinajstić information content (AvgIpc) is 2.42. The molecule has 0 bridgehead atoms. The van der Waals surface area contributed by atoms with E-state index in [1.165, 1.54) is 0 Å². The zero-order valence-corrected chi connectivity index (χ0v) is 13.0. The lowest BCUT2D eigenvalue weighted by molar-refractivity contribution is 0.581. The first kappa shape index (κ1) is 16.9. The molecule has 0 aliphatic rings. The van der Waals surface area contributed by atoms with Crippen molar-refractivity contribution in [3.63, 3.8) is 0 Å². The van der Waals surface area contributed by atoms with Crippen molar-refractivity contribution < 1.29 is 8.42 Å². The molecule has 1 aromatic rings. The van der Waals surface area contributed by atoms with E-state index in [1.807, 2.05) is 13.8 Å². The fourth-order valence-electron chi connectivity index (χ4n) is 1.73. The minimum atomic E-state index is -3.37. The van der Waals surface area contributed by atoms with Crippen LogP contribution < -0.4 is 15.8 Å². The molecule has 0 amide bonds. The minimum Gasteiger partial charge on any atom is -0.385 e. The Hall–Kier alpha value is -1.11. The number of hydrogen-bond acceptors (Lipinski definition) is 4. The Morgan fingerprint density at radius 2 is 1.85 bits per heavy atom. The van der Waals surface area contributed by atoms with Crippen LogP contribution in [0.1, 0.15) is 33.1 Å². The van der Waals surface area contributed by atoms with Crippen LogP contribution in [-0.2, 0) is 10.0 Å². The van der Waals surface area contributed by atoms with Gasteiger partial charge in [0.2, 0.25) is 10.0 Å². The van der Waals surface area contributed by atoms with Gasteiger partial charge >= 0.3 is 0 Å². The third-order valence-electron chi connectivity index (χ3n) is 2.87. The van der Waals surface area contributed by atoms with E-state index in [1.54, 1.807) is 24.3 Å². The van der Waals surface area contributed by atoms with Gasteiger partial charge in [-0.1, -0.05) is 6.92 Å². The molecule has 20 heavy (non-hydrogen) atoms. The van der Waals surface area contributed by atoms with Crippen molar-refractivity contribution in [1.29, 1.82) is 0 Å². The average molecular weight is 299 g/mol. The maximum Gasteiger partial charge on any atom is 0.240 e. The van der Waals surface area contributed by atoms with Crippen LogP contribution in [0.5, 0.6) is 0 Å². The van der Waals surface area contributed by atoms with Gasteiger partial charge in [0.1, 0.15) is 0 Å². The standard InChI is InChI=1S/C14H25N3O2S/c1-3-10-17-20(18,19)14-8-6-13(7-9-14)16-11-4-5-12(2)15/h6-9,12,16-17H,3-5,10-11,15H2,1-2H3. The number of hydrogen-bond donors (Lipinski definition) is 3. The highest BCUT2D eigenvalue weighted by molar-refractivity contribution is 7.89.